The second kappa shape index (κ2) is 6.08. The molecule has 0 spiro atoms. The number of hydrogen-bond donors (Lipinski definition) is 0. The summed E-state index contributed by atoms with van der Waals surface area (Å²) >= 11 is 0. The predicted molar refractivity (Wildman–Crippen MR) is 64.2 cm³/mol. The summed E-state index contributed by atoms with van der Waals surface area (Å²) in [5, 5.41) is 0. The molecule has 104 valence electrons. The summed E-state index contributed by atoms with van der Waals surface area (Å²) in [5.74, 6) is -2.04. The van der Waals surface area contributed by atoms with Crippen LogP contribution in [0.2, 0.25) is 0 Å². The van der Waals surface area contributed by atoms with Gasteiger partial charge in [-0.1, -0.05) is 30.3 Å². The fraction of sp³-hybridized carbons (Fsp3) is 0.154. The Bertz CT molecular complexity index is 612. The summed E-state index contributed by atoms with van der Waals surface area (Å²) in [6.45, 7) is 0.807. The van der Waals surface area contributed by atoms with Crippen molar-refractivity contribution in [3.8, 4) is 0 Å². The standard InChI is InChI=1S/C13H9F3N2O2/c1-8(19)12(18-17)10(13(14,15)16)7-11(20)9-5-3-2-4-6-9/h2-7H,1H3/b10-7+. The zero-order chi connectivity index (χ0) is 15.3. The summed E-state index contributed by atoms with van der Waals surface area (Å²) in [4.78, 5) is 25.1. The van der Waals surface area contributed by atoms with Gasteiger partial charge in [-0.2, -0.15) is 18.0 Å². The zero-order valence-corrected chi connectivity index (χ0v) is 10.3. The maximum absolute atomic E-state index is 12.8. The first kappa shape index (κ1) is 15.5. The van der Waals surface area contributed by atoms with Crippen molar-refractivity contribution < 1.29 is 27.6 Å². The van der Waals surface area contributed by atoms with E-state index in [1.54, 1.807) is 6.07 Å². The molecule has 0 atom stereocenters. The van der Waals surface area contributed by atoms with Gasteiger partial charge in [0, 0.05) is 18.6 Å². The summed E-state index contributed by atoms with van der Waals surface area (Å²) in [5.41, 5.74) is 5.76. The molecular weight excluding hydrogens is 273 g/mol. The molecule has 4 nitrogen and oxygen atoms in total. The van der Waals surface area contributed by atoms with E-state index in [4.69, 9.17) is 5.53 Å². The molecule has 0 aliphatic heterocycles. The van der Waals surface area contributed by atoms with Gasteiger partial charge in [0.25, 0.3) is 0 Å². The average Bonchev–Trinajstić information content (AvgIpc) is 2.37. The maximum Gasteiger partial charge on any atom is 0.424 e. The van der Waals surface area contributed by atoms with Crippen molar-refractivity contribution >= 4 is 17.3 Å². The van der Waals surface area contributed by atoms with Crippen LogP contribution in [0.3, 0.4) is 0 Å². The van der Waals surface area contributed by atoms with Crippen molar-refractivity contribution in [1.82, 2.24) is 0 Å². The van der Waals surface area contributed by atoms with Crippen LogP contribution in [0, 0.1) is 0 Å². The summed E-state index contributed by atoms with van der Waals surface area (Å²) in [6, 6.07) is 7.23. The van der Waals surface area contributed by atoms with Crippen LogP contribution < -0.4 is 0 Å². The monoisotopic (exact) mass is 282 g/mol. The Balaban J connectivity index is 3.33. The third kappa shape index (κ3) is 3.73. The number of carbonyl (C=O) groups is 2. The van der Waals surface area contributed by atoms with Crippen LogP contribution in [0.4, 0.5) is 13.2 Å². The number of rotatable bonds is 4. The van der Waals surface area contributed by atoms with E-state index in [9.17, 15) is 22.8 Å². The molecule has 0 heterocycles. The minimum absolute atomic E-state index is 0.0232. The Morgan fingerprint density at radius 1 is 1.20 bits per heavy atom. The lowest BCUT2D eigenvalue weighted by Crippen LogP contribution is -2.27. The summed E-state index contributed by atoms with van der Waals surface area (Å²) < 4.78 is 38.5. The fourth-order valence-electron chi connectivity index (χ4n) is 1.42. The van der Waals surface area contributed by atoms with E-state index in [1.165, 1.54) is 24.3 Å². The predicted octanol–water partition coefficient (Wildman–Crippen LogP) is 2.62. The fourth-order valence-corrected chi connectivity index (χ4v) is 1.42. The molecule has 7 heteroatoms. The second-order valence-electron chi connectivity index (χ2n) is 3.79. The molecule has 20 heavy (non-hydrogen) atoms. The van der Waals surface area contributed by atoms with Gasteiger partial charge in [0.2, 0.25) is 5.78 Å². The van der Waals surface area contributed by atoms with Crippen LogP contribution in [-0.2, 0) is 4.79 Å². The van der Waals surface area contributed by atoms with Crippen molar-refractivity contribution in [1.29, 1.82) is 0 Å². The lowest BCUT2D eigenvalue weighted by Gasteiger charge is -2.06. The van der Waals surface area contributed by atoms with Gasteiger partial charge in [-0.05, 0) is 0 Å². The normalized spacial score (nSPS) is 11.7. The highest BCUT2D eigenvalue weighted by Gasteiger charge is 2.44. The van der Waals surface area contributed by atoms with Crippen molar-refractivity contribution in [2.75, 3.05) is 0 Å². The number of alkyl halides is 3. The first-order chi connectivity index (χ1) is 9.27. The number of benzene rings is 1. The Labute approximate surface area is 112 Å². The minimum Gasteiger partial charge on any atom is -0.361 e. The Hall–Kier alpha value is -2.53. The number of carbonyl (C=O) groups excluding carboxylic acids is 2. The molecule has 1 rings (SSSR count). The largest absolute Gasteiger partial charge is 0.424 e. The SMILES string of the molecule is CC(=O)C(=[N+]=[N-])/C(=C\C(=O)c1ccccc1)C(F)(F)F. The van der Waals surface area contributed by atoms with E-state index in [0.717, 1.165) is 6.92 Å². The molecule has 1 aromatic carbocycles. The molecule has 0 fully saturated rings. The number of halogens is 3. The van der Waals surface area contributed by atoms with Crippen LogP contribution in [0.1, 0.15) is 17.3 Å². The summed E-state index contributed by atoms with van der Waals surface area (Å²) in [7, 11) is 0. The van der Waals surface area contributed by atoms with Crippen molar-refractivity contribution in [2.24, 2.45) is 0 Å². The molecular formula is C13H9F3N2O2. The van der Waals surface area contributed by atoms with Gasteiger partial charge >= 0.3 is 11.9 Å². The number of nitrogens with zero attached hydrogens (tertiary/aromatic N) is 2. The Morgan fingerprint density at radius 3 is 2.15 bits per heavy atom. The van der Waals surface area contributed by atoms with Gasteiger partial charge in [0.05, 0.1) is 0 Å². The lowest BCUT2D eigenvalue weighted by molar-refractivity contribution is -0.118. The smallest absolute Gasteiger partial charge is 0.361 e. The van der Waals surface area contributed by atoms with Crippen LogP contribution in [0.5, 0.6) is 0 Å². The third-order valence-corrected chi connectivity index (χ3v) is 2.33. The molecule has 0 bridgehead atoms. The topological polar surface area (TPSA) is 70.5 Å². The molecule has 0 saturated heterocycles. The van der Waals surface area contributed by atoms with Gasteiger partial charge in [-0.25, -0.2) is 0 Å². The first-order valence-electron chi connectivity index (χ1n) is 5.39. The molecule has 0 saturated carbocycles. The highest BCUT2D eigenvalue weighted by molar-refractivity contribution is 6.44. The highest BCUT2D eigenvalue weighted by Crippen LogP contribution is 2.27. The zero-order valence-electron chi connectivity index (χ0n) is 10.3. The third-order valence-electron chi connectivity index (χ3n) is 2.33. The van der Waals surface area contributed by atoms with Gasteiger partial charge < -0.3 is 5.53 Å². The molecule has 0 aliphatic carbocycles. The van der Waals surface area contributed by atoms with Crippen LogP contribution in [-0.4, -0.2) is 28.2 Å². The van der Waals surface area contributed by atoms with Gasteiger partial charge in [-0.15, -0.1) is 0 Å². The second-order valence-corrected chi connectivity index (χ2v) is 3.79. The van der Waals surface area contributed by atoms with E-state index < -0.39 is 29.0 Å². The lowest BCUT2D eigenvalue weighted by atomic mass is 10.0. The quantitative estimate of drug-likeness (QED) is 0.280. The molecule has 0 radical (unpaired) electrons. The molecule has 1 aromatic rings. The number of Topliss-reactive ketones (excluding diaryl/α,β-unsaturated/α-hetero) is 1. The van der Waals surface area contributed by atoms with Crippen molar-refractivity contribution in [2.45, 2.75) is 13.1 Å². The molecule has 0 unspecified atom stereocenters. The first-order valence-corrected chi connectivity index (χ1v) is 5.39. The minimum atomic E-state index is -4.99. The van der Waals surface area contributed by atoms with E-state index in [1.807, 2.05) is 0 Å². The maximum atomic E-state index is 12.8. The molecule has 0 aromatic heterocycles. The molecule has 0 amide bonds. The van der Waals surface area contributed by atoms with E-state index in [0.29, 0.717) is 0 Å². The van der Waals surface area contributed by atoms with Gasteiger partial charge in [0.1, 0.15) is 0 Å². The van der Waals surface area contributed by atoms with Gasteiger partial charge in [0.15, 0.2) is 11.4 Å². The number of ketones is 2. The van der Waals surface area contributed by atoms with E-state index >= 15 is 0 Å². The van der Waals surface area contributed by atoms with E-state index in [2.05, 4.69) is 4.79 Å². The van der Waals surface area contributed by atoms with Crippen LogP contribution in [0.25, 0.3) is 5.53 Å². The molecule has 0 N–H and O–H groups in total. The highest BCUT2D eigenvalue weighted by atomic mass is 19.4. The van der Waals surface area contributed by atoms with E-state index in [-0.39, 0.29) is 11.6 Å². The van der Waals surface area contributed by atoms with Crippen LogP contribution in [0.15, 0.2) is 42.0 Å². The van der Waals surface area contributed by atoms with Crippen molar-refractivity contribution in [3.05, 3.63) is 53.1 Å². The number of allylic oxidation sites excluding steroid dienone is 2. The van der Waals surface area contributed by atoms with Crippen molar-refractivity contribution in [3.63, 3.8) is 0 Å². The Kier molecular flexibility index (Phi) is 4.72. The van der Waals surface area contributed by atoms with Gasteiger partial charge in [-0.3, -0.25) is 9.59 Å². The summed E-state index contributed by atoms with van der Waals surface area (Å²) in [6.07, 6.45) is -4.75. The number of hydrogen-bond acceptors (Lipinski definition) is 2. The Morgan fingerprint density at radius 2 is 1.75 bits per heavy atom. The van der Waals surface area contributed by atoms with Crippen LogP contribution >= 0.6 is 0 Å². The average molecular weight is 282 g/mol. The molecule has 0 aliphatic rings.